The van der Waals surface area contributed by atoms with Crippen LogP contribution in [0.3, 0.4) is 0 Å². The number of amides is 3. The number of likely N-dealkylation sites (tertiary alicyclic amines) is 1. The summed E-state index contributed by atoms with van der Waals surface area (Å²) in [5.41, 5.74) is 0.537. The van der Waals surface area contributed by atoms with Gasteiger partial charge < -0.3 is 14.8 Å². The van der Waals surface area contributed by atoms with E-state index in [2.05, 4.69) is 5.32 Å². The summed E-state index contributed by atoms with van der Waals surface area (Å²) in [5.74, 6) is -1.77. The van der Waals surface area contributed by atoms with Crippen LogP contribution >= 0.6 is 0 Å². The normalized spacial score (nSPS) is 26.6. The molecule has 3 amide bonds. The molecule has 2 fully saturated rings. The number of anilines is 1. The number of nitrogens with one attached hydrogen (secondary N) is 1. The van der Waals surface area contributed by atoms with E-state index in [1.807, 2.05) is 19.1 Å². The lowest BCUT2D eigenvalue weighted by molar-refractivity contribution is -0.154. The molecule has 1 saturated heterocycles. The van der Waals surface area contributed by atoms with E-state index in [1.54, 1.807) is 24.3 Å². The molecule has 1 saturated carbocycles. The van der Waals surface area contributed by atoms with E-state index in [1.165, 1.54) is 0 Å². The highest BCUT2D eigenvalue weighted by Gasteiger charge is 2.59. The summed E-state index contributed by atoms with van der Waals surface area (Å²) in [6.07, 6.45) is 4.81. The maximum atomic E-state index is 12.5. The third-order valence-corrected chi connectivity index (χ3v) is 5.66. The van der Waals surface area contributed by atoms with Crippen LogP contribution in [0.4, 0.5) is 5.69 Å². The number of allylic oxidation sites excluding steroid dienone is 2. The van der Waals surface area contributed by atoms with Crippen LogP contribution in [0.15, 0.2) is 36.4 Å². The predicted molar refractivity (Wildman–Crippen MR) is 102 cm³/mol. The van der Waals surface area contributed by atoms with Crippen LogP contribution in [0.2, 0.25) is 0 Å². The molecule has 0 radical (unpaired) electrons. The monoisotopic (exact) mass is 398 g/mol. The molecule has 2 bridgehead atoms. The van der Waals surface area contributed by atoms with Crippen molar-refractivity contribution in [2.75, 3.05) is 25.1 Å². The Hall–Kier alpha value is -3.16. The van der Waals surface area contributed by atoms with Gasteiger partial charge in [-0.1, -0.05) is 12.2 Å². The third-order valence-electron chi connectivity index (χ3n) is 5.66. The van der Waals surface area contributed by atoms with Crippen LogP contribution in [-0.4, -0.2) is 48.3 Å². The fraction of sp³-hybridized carbons (Fsp3) is 0.429. The Kier molecular flexibility index (Phi) is 5.08. The quantitative estimate of drug-likeness (QED) is 0.423. The Morgan fingerprint density at radius 2 is 1.69 bits per heavy atom. The lowest BCUT2D eigenvalue weighted by Crippen LogP contribution is -2.38. The van der Waals surface area contributed by atoms with Crippen LogP contribution in [0, 0.1) is 23.7 Å². The third kappa shape index (κ3) is 3.62. The van der Waals surface area contributed by atoms with E-state index in [0.717, 1.165) is 11.3 Å². The SMILES string of the molecule is CCOc1ccc(NC(=O)COC(=O)CN2C(=O)[C@H]3[C@H](C2=O)[C@H]2C=C[C@H]3C2)cc1. The van der Waals surface area contributed by atoms with Gasteiger partial charge >= 0.3 is 5.97 Å². The summed E-state index contributed by atoms with van der Waals surface area (Å²) >= 11 is 0. The minimum absolute atomic E-state index is 0.0855. The molecule has 8 heteroatoms. The molecule has 0 aromatic heterocycles. The van der Waals surface area contributed by atoms with Crippen LogP contribution < -0.4 is 10.1 Å². The Balaban J connectivity index is 1.25. The molecule has 4 rings (SSSR count). The summed E-state index contributed by atoms with van der Waals surface area (Å²) in [7, 11) is 0. The molecule has 0 spiro atoms. The smallest absolute Gasteiger partial charge is 0.326 e. The van der Waals surface area contributed by atoms with E-state index >= 15 is 0 Å². The fourth-order valence-corrected chi connectivity index (χ4v) is 4.44. The standard InChI is InChI=1S/C21H22N2O6/c1-2-28-15-7-5-14(6-8-15)22-16(24)11-29-17(25)10-23-20(26)18-12-3-4-13(9-12)19(18)21(23)27/h3-8,12-13,18-19H,2,9-11H2,1H3,(H,22,24)/t12-,13-,18+,19+/m0/s1. The van der Waals surface area contributed by atoms with Crippen LogP contribution in [0.5, 0.6) is 5.75 Å². The first-order valence-corrected chi connectivity index (χ1v) is 9.69. The molecule has 1 N–H and O–H groups in total. The van der Waals surface area contributed by atoms with Crippen molar-refractivity contribution in [1.29, 1.82) is 0 Å². The van der Waals surface area contributed by atoms with E-state index in [-0.39, 0.29) is 35.5 Å². The number of hydrogen-bond donors (Lipinski definition) is 1. The van der Waals surface area contributed by atoms with E-state index in [0.29, 0.717) is 18.0 Å². The molecule has 1 aromatic rings. The molecule has 0 unspecified atom stereocenters. The summed E-state index contributed by atoms with van der Waals surface area (Å²) in [4.78, 5) is 50.1. The number of fused-ring (bicyclic) bond motifs is 5. The number of hydrogen-bond acceptors (Lipinski definition) is 6. The number of carbonyl (C=O) groups is 4. The first-order chi connectivity index (χ1) is 14.0. The zero-order valence-electron chi connectivity index (χ0n) is 16.0. The molecular weight excluding hydrogens is 376 g/mol. The lowest BCUT2D eigenvalue weighted by atomic mass is 9.85. The van der Waals surface area contributed by atoms with Crippen molar-refractivity contribution in [3.8, 4) is 5.75 Å². The van der Waals surface area contributed by atoms with Gasteiger partial charge in [-0.3, -0.25) is 24.1 Å². The van der Waals surface area contributed by atoms with Gasteiger partial charge in [0.2, 0.25) is 11.8 Å². The van der Waals surface area contributed by atoms with Crippen LogP contribution in [0.25, 0.3) is 0 Å². The van der Waals surface area contributed by atoms with Gasteiger partial charge in [-0.05, 0) is 49.4 Å². The topological polar surface area (TPSA) is 102 Å². The summed E-state index contributed by atoms with van der Waals surface area (Å²) in [6, 6.07) is 6.78. The number of ether oxygens (including phenoxy) is 2. The van der Waals surface area contributed by atoms with Gasteiger partial charge in [-0.15, -0.1) is 0 Å². The van der Waals surface area contributed by atoms with Crippen LogP contribution in [-0.2, 0) is 23.9 Å². The number of carbonyl (C=O) groups excluding carboxylic acids is 4. The zero-order chi connectivity index (χ0) is 20.5. The summed E-state index contributed by atoms with van der Waals surface area (Å²) in [5, 5.41) is 2.60. The average Bonchev–Trinajstić information content (AvgIpc) is 3.38. The molecular formula is C21H22N2O6. The number of rotatable bonds is 7. The van der Waals surface area contributed by atoms with E-state index in [4.69, 9.17) is 9.47 Å². The largest absolute Gasteiger partial charge is 0.494 e. The molecule has 1 aliphatic heterocycles. The molecule has 1 aromatic carbocycles. The maximum absolute atomic E-state index is 12.5. The Morgan fingerprint density at radius 3 is 2.28 bits per heavy atom. The predicted octanol–water partition coefficient (Wildman–Crippen LogP) is 1.37. The first-order valence-electron chi connectivity index (χ1n) is 9.69. The van der Waals surface area contributed by atoms with Crippen molar-refractivity contribution in [2.24, 2.45) is 23.7 Å². The molecule has 29 heavy (non-hydrogen) atoms. The highest BCUT2D eigenvalue weighted by molar-refractivity contribution is 6.08. The molecule has 1 heterocycles. The van der Waals surface area contributed by atoms with Crippen molar-refractivity contribution in [3.05, 3.63) is 36.4 Å². The van der Waals surface area contributed by atoms with Gasteiger partial charge in [-0.25, -0.2) is 0 Å². The van der Waals surface area contributed by atoms with Gasteiger partial charge in [0, 0.05) is 5.69 Å². The second-order valence-corrected chi connectivity index (χ2v) is 7.43. The van der Waals surface area contributed by atoms with Crippen molar-refractivity contribution >= 4 is 29.4 Å². The van der Waals surface area contributed by atoms with Crippen LogP contribution in [0.1, 0.15) is 13.3 Å². The molecule has 152 valence electrons. The number of benzene rings is 1. The van der Waals surface area contributed by atoms with Gasteiger partial charge in [0.05, 0.1) is 18.4 Å². The summed E-state index contributed by atoms with van der Waals surface area (Å²) < 4.78 is 10.3. The number of esters is 1. The van der Waals surface area contributed by atoms with Gasteiger partial charge in [-0.2, -0.15) is 0 Å². The molecule has 3 aliphatic rings. The van der Waals surface area contributed by atoms with E-state index < -0.39 is 25.0 Å². The Labute approximate surface area is 167 Å². The minimum Gasteiger partial charge on any atom is -0.494 e. The van der Waals surface area contributed by atoms with Crippen molar-refractivity contribution in [3.63, 3.8) is 0 Å². The van der Waals surface area contributed by atoms with Gasteiger partial charge in [0.25, 0.3) is 5.91 Å². The second kappa shape index (κ2) is 7.69. The highest BCUT2D eigenvalue weighted by Crippen LogP contribution is 2.52. The Bertz CT molecular complexity index is 848. The van der Waals surface area contributed by atoms with Gasteiger partial charge in [0.1, 0.15) is 12.3 Å². The van der Waals surface area contributed by atoms with Crippen molar-refractivity contribution < 1.29 is 28.7 Å². The zero-order valence-corrected chi connectivity index (χ0v) is 16.0. The highest BCUT2D eigenvalue weighted by atomic mass is 16.5. The minimum atomic E-state index is -0.783. The maximum Gasteiger partial charge on any atom is 0.326 e. The molecule has 2 aliphatic carbocycles. The Morgan fingerprint density at radius 1 is 1.07 bits per heavy atom. The molecule has 8 nitrogen and oxygen atoms in total. The van der Waals surface area contributed by atoms with Crippen molar-refractivity contribution in [1.82, 2.24) is 4.90 Å². The number of nitrogens with zero attached hydrogens (tertiary/aromatic N) is 1. The first kappa shape index (κ1) is 19.2. The summed E-state index contributed by atoms with van der Waals surface area (Å²) in [6.45, 7) is 1.46. The van der Waals surface area contributed by atoms with E-state index in [9.17, 15) is 19.2 Å². The van der Waals surface area contributed by atoms with Gasteiger partial charge in [0.15, 0.2) is 6.61 Å². The number of imide groups is 1. The van der Waals surface area contributed by atoms with Crippen molar-refractivity contribution in [2.45, 2.75) is 13.3 Å². The molecule has 4 atom stereocenters. The lowest BCUT2D eigenvalue weighted by Gasteiger charge is -2.16. The second-order valence-electron chi connectivity index (χ2n) is 7.43. The fourth-order valence-electron chi connectivity index (χ4n) is 4.44. The average molecular weight is 398 g/mol.